The first-order valence-electron chi connectivity index (χ1n) is 5.20. The van der Waals surface area contributed by atoms with Gasteiger partial charge in [-0.05, 0) is 37.3 Å². The number of nitriles is 1. The van der Waals surface area contributed by atoms with E-state index in [1.807, 2.05) is 13.0 Å². The molecule has 0 aliphatic carbocycles. The van der Waals surface area contributed by atoms with Gasteiger partial charge < -0.3 is 5.32 Å². The second-order valence-electron chi connectivity index (χ2n) is 3.71. The third-order valence-corrected chi connectivity index (χ3v) is 2.64. The largest absolute Gasteiger partial charge is 0.339 e. The van der Waals surface area contributed by atoms with E-state index in [4.69, 9.17) is 16.9 Å². The number of nitrogens with zero attached hydrogens (tertiary/aromatic N) is 2. The predicted octanol–water partition coefficient (Wildman–Crippen LogP) is 3.80. The number of halogens is 2. The number of aromatic nitrogens is 1. The van der Waals surface area contributed by atoms with E-state index in [0.717, 1.165) is 5.69 Å². The van der Waals surface area contributed by atoms with Crippen molar-refractivity contribution in [1.82, 2.24) is 4.98 Å². The van der Waals surface area contributed by atoms with Gasteiger partial charge in [0, 0.05) is 11.4 Å². The van der Waals surface area contributed by atoms with E-state index in [1.54, 1.807) is 18.2 Å². The number of aryl methyl sites for hydroxylation is 1. The standard InChI is InChI=1S/C13H9ClFN3/c1-8-2-3-9(7-16)13(17-8)18-10-4-5-11(14)12(15)6-10/h2-6H,1H3,(H,17,18). The third-order valence-electron chi connectivity index (χ3n) is 2.34. The Morgan fingerprint density at radius 1 is 1.33 bits per heavy atom. The van der Waals surface area contributed by atoms with Gasteiger partial charge in [0.15, 0.2) is 0 Å². The first-order chi connectivity index (χ1) is 8.60. The van der Waals surface area contributed by atoms with Crippen LogP contribution in [0.2, 0.25) is 5.02 Å². The predicted molar refractivity (Wildman–Crippen MR) is 68.4 cm³/mol. The van der Waals surface area contributed by atoms with Gasteiger partial charge in [-0.3, -0.25) is 0 Å². The molecule has 0 saturated heterocycles. The Hall–Kier alpha value is -2.12. The molecule has 1 N–H and O–H groups in total. The molecule has 0 unspecified atom stereocenters. The summed E-state index contributed by atoms with van der Waals surface area (Å²) >= 11 is 5.60. The van der Waals surface area contributed by atoms with E-state index in [1.165, 1.54) is 12.1 Å². The number of anilines is 2. The molecule has 0 bridgehead atoms. The van der Waals surface area contributed by atoms with Crippen molar-refractivity contribution in [3.63, 3.8) is 0 Å². The number of rotatable bonds is 2. The highest BCUT2D eigenvalue weighted by Crippen LogP contribution is 2.23. The first-order valence-corrected chi connectivity index (χ1v) is 5.58. The van der Waals surface area contributed by atoms with Crippen LogP contribution in [0.15, 0.2) is 30.3 Å². The van der Waals surface area contributed by atoms with Crippen LogP contribution in [0.4, 0.5) is 15.9 Å². The van der Waals surface area contributed by atoms with Crippen LogP contribution in [0, 0.1) is 24.1 Å². The average molecular weight is 262 g/mol. The zero-order valence-corrected chi connectivity index (χ0v) is 10.3. The molecule has 3 nitrogen and oxygen atoms in total. The minimum atomic E-state index is -0.521. The third kappa shape index (κ3) is 2.58. The normalized spacial score (nSPS) is 9.89. The molecule has 0 aliphatic rings. The number of nitrogens with one attached hydrogen (secondary N) is 1. The Labute approximate surface area is 109 Å². The molecule has 18 heavy (non-hydrogen) atoms. The van der Waals surface area contributed by atoms with Gasteiger partial charge in [-0.1, -0.05) is 11.6 Å². The fourth-order valence-corrected chi connectivity index (χ4v) is 1.57. The van der Waals surface area contributed by atoms with Crippen LogP contribution in [0.1, 0.15) is 11.3 Å². The van der Waals surface area contributed by atoms with Crippen molar-refractivity contribution in [2.75, 3.05) is 5.32 Å². The molecule has 90 valence electrons. The van der Waals surface area contributed by atoms with Crippen molar-refractivity contribution < 1.29 is 4.39 Å². The van der Waals surface area contributed by atoms with Gasteiger partial charge in [-0.25, -0.2) is 9.37 Å². The Morgan fingerprint density at radius 2 is 2.11 bits per heavy atom. The summed E-state index contributed by atoms with van der Waals surface area (Å²) in [6.07, 6.45) is 0. The smallest absolute Gasteiger partial charge is 0.148 e. The Morgan fingerprint density at radius 3 is 2.78 bits per heavy atom. The van der Waals surface area contributed by atoms with Crippen LogP contribution in [0.25, 0.3) is 0 Å². The quantitative estimate of drug-likeness (QED) is 0.895. The van der Waals surface area contributed by atoms with E-state index in [2.05, 4.69) is 10.3 Å². The van der Waals surface area contributed by atoms with E-state index in [-0.39, 0.29) is 5.02 Å². The van der Waals surface area contributed by atoms with Crippen LogP contribution in [-0.4, -0.2) is 4.98 Å². The molecule has 0 aliphatic heterocycles. The van der Waals surface area contributed by atoms with Crippen molar-refractivity contribution in [3.05, 3.63) is 52.4 Å². The van der Waals surface area contributed by atoms with E-state index in [0.29, 0.717) is 17.1 Å². The lowest BCUT2D eigenvalue weighted by atomic mass is 10.2. The van der Waals surface area contributed by atoms with Crippen molar-refractivity contribution in [2.45, 2.75) is 6.92 Å². The van der Waals surface area contributed by atoms with E-state index < -0.39 is 5.82 Å². The fourth-order valence-electron chi connectivity index (χ4n) is 1.45. The highest BCUT2D eigenvalue weighted by atomic mass is 35.5. The van der Waals surface area contributed by atoms with Crippen molar-refractivity contribution in [3.8, 4) is 6.07 Å². The number of pyridine rings is 1. The molecule has 0 radical (unpaired) electrons. The molecule has 0 atom stereocenters. The van der Waals surface area contributed by atoms with Gasteiger partial charge in [0.25, 0.3) is 0 Å². The maximum absolute atomic E-state index is 13.3. The molecule has 0 saturated carbocycles. The van der Waals surface area contributed by atoms with Crippen molar-refractivity contribution in [1.29, 1.82) is 5.26 Å². The molecular formula is C13H9ClFN3. The molecule has 1 aromatic heterocycles. The SMILES string of the molecule is Cc1ccc(C#N)c(Nc2ccc(Cl)c(F)c2)n1. The highest BCUT2D eigenvalue weighted by molar-refractivity contribution is 6.30. The van der Waals surface area contributed by atoms with Crippen molar-refractivity contribution in [2.24, 2.45) is 0 Å². The van der Waals surface area contributed by atoms with Gasteiger partial charge in [0.1, 0.15) is 17.7 Å². The van der Waals surface area contributed by atoms with Gasteiger partial charge >= 0.3 is 0 Å². The summed E-state index contributed by atoms with van der Waals surface area (Å²) in [5.74, 6) is -0.118. The maximum atomic E-state index is 13.3. The lowest BCUT2D eigenvalue weighted by molar-refractivity contribution is 0.629. The zero-order valence-electron chi connectivity index (χ0n) is 9.54. The van der Waals surface area contributed by atoms with Gasteiger partial charge in [0.2, 0.25) is 0 Å². The minimum absolute atomic E-state index is 0.0539. The Bertz CT molecular complexity index is 635. The summed E-state index contributed by atoms with van der Waals surface area (Å²) in [5, 5.41) is 11.9. The Kier molecular flexibility index (Phi) is 3.45. The first kappa shape index (κ1) is 12.3. The summed E-state index contributed by atoms with van der Waals surface area (Å²) in [7, 11) is 0. The molecule has 1 aromatic carbocycles. The lowest BCUT2D eigenvalue weighted by Gasteiger charge is -2.08. The van der Waals surface area contributed by atoms with E-state index in [9.17, 15) is 4.39 Å². The fraction of sp³-hybridized carbons (Fsp3) is 0.0769. The summed E-state index contributed by atoms with van der Waals surface area (Å²) in [4.78, 5) is 4.20. The molecule has 5 heteroatoms. The van der Waals surface area contributed by atoms with E-state index >= 15 is 0 Å². The number of benzene rings is 1. The number of hydrogen-bond donors (Lipinski definition) is 1. The summed E-state index contributed by atoms with van der Waals surface area (Å²) in [6, 6.07) is 9.75. The number of hydrogen-bond acceptors (Lipinski definition) is 3. The van der Waals surface area contributed by atoms with Crippen molar-refractivity contribution >= 4 is 23.1 Å². The van der Waals surface area contributed by atoms with Crippen LogP contribution < -0.4 is 5.32 Å². The molecular weight excluding hydrogens is 253 g/mol. The lowest BCUT2D eigenvalue weighted by Crippen LogP contribution is -1.98. The van der Waals surface area contributed by atoms with Crippen LogP contribution >= 0.6 is 11.6 Å². The summed E-state index contributed by atoms with van der Waals surface area (Å²) in [5.41, 5.74) is 1.66. The maximum Gasteiger partial charge on any atom is 0.148 e. The van der Waals surface area contributed by atoms with Gasteiger partial charge in [0.05, 0.1) is 10.6 Å². The second-order valence-corrected chi connectivity index (χ2v) is 4.12. The van der Waals surface area contributed by atoms with Crippen LogP contribution in [-0.2, 0) is 0 Å². The summed E-state index contributed by atoms with van der Waals surface area (Å²) in [6.45, 7) is 1.81. The molecule has 2 aromatic rings. The summed E-state index contributed by atoms with van der Waals surface area (Å²) < 4.78 is 13.3. The highest BCUT2D eigenvalue weighted by Gasteiger charge is 2.06. The molecule has 0 spiro atoms. The molecule has 2 rings (SSSR count). The second kappa shape index (κ2) is 5.03. The minimum Gasteiger partial charge on any atom is -0.339 e. The average Bonchev–Trinajstić information content (AvgIpc) is 2.34. The monoisotopic (exact) mass is 261 g/mol. The zero-order chi connectivity index (χ0) is 13.1. The molecule has 0 fully saturated rings. The Balaban J connectivity index is 2.36. The van der Waals surface area contributed by atoms with Crippen LogP contribution in [0.5, 0.6) is 0 Å². The van der Waals surface area contributed by atoms with Gasteiger partial charge in [-0.2, -0.15) is 5.26 Å². The topological polar surface area (TPSA) is 48.7 Å². The molecule has 1 heterocycles. The van der Waals surface area contributed by atoms with Gasteiger partial charge in [-0.15, -0.1) is 0 Å². The van der Waals surface area contributed by atoms with Crippen LogP contribution in [0.3, 0.4) is 0 Å². The molecule has 0 amide bonds.